The van der Waals surface area contributed by atoms with E-state index >= 15 is 0 Å². The first-order valence-electron chi connectivity index (χ1n) is 7.03. The fraction of sp³-hybridized carbons (Fsp3) is 0.571. The summed E-state index contributed by atoms with van der Waals surface area (Å²) in [6.45, 7) is 0.824. The van der Waals surface area contributed by atoms with Crippen LogP contribution in [0.5, 0.6) is 0 Å². The first-order chi connectivity index (χ1) is 10.3. The van der Waals surface area contributed by atoms with Crippen LogP contribution in [-0.2, 0) is 20.8 Å². The van der Waals surface area contributed by atoms with Gasteiger partial charge < -0.3 is 0 Å². The maximum absolute atomic E-state index is 12.3. The molecular formula is C14H18F3NO3S. The van der Waals surface area contributed by atoms with Gasteiger partial charge in [0.15, 0.2) is 0 Å². The molecule has 0 aromatic heterocycles. The molecule has 1 aromatic carbocycles. The zero-order valence-corrected chi connectivity index (χ0v) is 12.7. The Hall–Kier alpha value is -1.12. The Kier molecular flexibility index (Phi) is 5.46. The summed E-state index contributed by atoms with van der Waals surface area (Å²) in [6.07, 6.45) is 2.42. The highest BCUT2D eigenvalue weighted by Gasteiger charge is 2.47. The Labute approximate surface area is 128 Å². The Bertz CT molecular complexity index is 575. The van der Waals surface area contributed by atoms with Gasteiger partial charge in [0.05, 0.1) is 6.61 Å². The standard InChI is InChI=1S/C14H18F3NO3S/c15-14(16,17)22(19,20)21-11-13-8-4-5-9-18(13)10-12-6-2-1-3-7-12/h1-3,6-7,13H,4-5,8-11H2/t13-/m1/s1. The van der Waals surface area contributed by atoms with Crippen molar-refractivity contribution in [2.75, 3.05) is 13.2 Å². The number of benzene rings is 1. The van der Waals surface area contributed by atoms with Crippen LogP contribution in [0.4, 0.5) is 13.2 Å². The SMILES string of the molecule is O=S(=O)(OC[C@H]1CCCCN1Cc1ccccc1)C(F)(F)F. The molecule has 1 fully saturated rings. The quantitative estimate of drug-likeness (QED) is 0.612. The molecule has 1 aliphatic heterocycles. The van der Waals surface area contributed by atoms with Gasteiger partial charge in [0.1, 0.15) is 0 Å². The van der Waals surface area contributed by atoms with Crippen LogP contribution in [0.1, 0.15) is 24.8 Å². The van der Waals surface area contributed by atoms with E-state index in [9.17, 15) is 21.6 Å². The van der Waals surface area contributed by atoms with Crippen molar-refractivity contribution in [3.63, 3.8) is 0 Å². The lowest BCUT2D eigenvalue weighted by Gasteiger charge is -2.35. The van der Waals surface area contributed by atoms with E-state index in [2.05, 4.69) is 4.18 Å². The van der Waals surface area contributed by atoms with Gasteiger partial charge in [-0.3, -0.25) is 9.08 Å². The summed E-state index contributed by atoms with van der Waals surface area (Å²) in [5.41, 5.74) is -4.33. The molecule has 124 valence electrons. The van der Waals surface area contributed by atoms with E-state index in [4.69, 9.17) is 0 Å². The number of likely N-dealkylation sites (tertiary alicyclic amines) is 1. The zero-order chi connectivity index (χ0) is 16.2. The number of rotatable bonds is 5. The van der Waals surface area contributed by atoms with Crippen LogP contribution in [0.15, 0.2) is 30.3 Å². The molecule has 22 heavy (non-hydrogen) atoms. The van der Waals surface area contributed by atoms with Crippen molar-refractivity contribution in [3.8, 4) is 0 Å². The van der Waals surface area contributed by atoms with Crippen molar-refractivity contribution >= 4 is 10.1 Å². The van der Waals surface area contributed by atoms with Crippen LogP contribution in [0.25, 0.3) is 0 Å². The average Bonchev–Trinajstić information content (AvgIpc) is 2.46. The lowest BCUT2D eigenvalue weighted by Crippen LogP contribution is -2.43. The van der Waals surface area contributed by atoms with Crippen molar-refractivity contribution in [2.45, 2.75) is 37.4 Å². The van der Waals surface area contributed by atoms with Crippen molar-refractivity contribution < 1.29 is 25.8 Å². The summed E-state index contributed by atoms with van der Waals surface area (Å²) in [7, 11) is -5.52. The van der Waals surface area contributed by atoms with E-state index in [-0.39, 0.29) is 6.04 Å². The Morgan fingerprint density at radius 3 is 2.50 bits per heavy atom. The molecule has 0 radical (unpaired) electrons. The predicted molar refractivity (Wildman–Crippen MR) is 75.4 cm³/mol. The molecule has 8 heteroatoms. The summed E-state index contributed by atoms with van der Waals surface area (Å²) < 4.78 is 63.1. The van der Waals surface area contributed by atoms with Gasteiger partial charge >= 0.3 is 15.6 Å². The van der Waals surface area contributed by atoms with Gasteiger partial charge in [0.2, 0.25) is 0 Å². The van der Waals surface area contributed by atoms with E-state index in [0.29, 0.717) is 13.0 Å². The van der Waals surface area contributed by atoms with Gasteiger partial charge in [0, 0.05) is 12.6 Å². The lowest BCUT2D eigenvalue weighted by atomic mass is 10.0. The molecule has 0 amide bonds. The van der Waals surface area contributed by atoms with Crippen molar-refractivity contribution in [2.24, 2.45) is 0 Å². The normalized spacial score (nSPS) is 21.0. The van der Waals surface area contributed by atoms with Gasteiger partial charge in [0.25, 0.3) is 0 Å². The van der Waals surface area contributed by atoms with E-state index < -0.39 is 22.2 Å². The third-order valence-electron chi connectivity index (χ3n) is 3.68. The van der Waals surface area contributed by atoms with Gasteiger partial charge in [-0.15, -0.1) is 0 Å². The van der Waals surface area contributed by atoms with Crippen molar-refractivity contribution in [1.29, 1.82) is 0 Å². The molecule has 1 saturated heterocycles. The minimum atomic E-state index is -5.52. The largest absolute Gasteiger partial charge is 0.523 e. The third-order valence-corrected chi connectivity index (χ3v) is 4.69. The smallest absolute Gasteiger partial charge is 0.294 e. The predicted octanol–water partition coefficient (Wildman–Crippen LogP) is 2.91. The molecule has 2 rings (SSSR count). The van der Waals surface area contributed by atoms with E-state index in [1.165, 1.54) is 0 Å². The number of halogens is 3. The molecule has 0 N–H and O–H groups in total. The maximum atomic E-state index is 12.3. The average molecular weight is 337 g/mol. The summed E-state index contributed by atoms with van der Waals surface area (Å²) in [5, 5.41) is 0. The summed E-state index contributed by atoms with van der Waals surface area (Å²) >= 11 is 0. The highest BCUT2D eigenvalue weighted by atomic mass is 32.2. The summed E-state index contributed by atoms with van der Waals surface area (Å²) in [6, 6.07) is 9.19. The van der Waals surface area contributed by atoms with Crippen LogP contribution in [0.2, 0.25) is 0 Å². The zero-order valence-electron chi connectivity index (χ0n) is 11.9. The molecule has 0 aliphatic carbocycles. The molecule has 0 unspecified atom stereocenters. The number of hydrogen-bond donors (Lipinski definition) is 0. The number of piperidine rings is 1. The van der Waals surface area contributed by atoms with E-state index in [1.54, 1.807) is 0 Å². The fourth-order valence-electron chi connectivity index (χ4n) is 2.51. The lowest BCUT2D eigenvalue weighted by molar-refractivity contribution is -0.0561. The van der Waals surface area contributed by atoms with Crippen LogP contribution >= 0.6 is 0 Å². The van der Waals surface area contributed by atoms with E-state index in [1.807, 2.05) is 35.2 Å². The Morgan fingerprint density at radius 2 is 1.86 bits per heavy atom. The summed E-state index contributed by atoms with van der Waals surface area (Å²) in [5.74, 6) is 0. The molecule has 0 bridgehead atoms. The fourth-order valence-corrected chi connectivity index (χ4v) is 2.98. The van der Waals surface area contributed by atoms with Crippen LogP contribution in [0, 0.1) is 0 Å². The van der Waals surface area contributed by atoms with Crippen LogP contribution < -0.4 is 0 Å². The minimum Gasteiger partial charge on any atom is -0.294 e. The highest BCUT2D eigenvalue weighted by molar-refractivity contribution is 7.87. The maximum Gasteiger partial charge on any atom is 0.523 e. The van der Waals surface area contributed by atoms with Gasteiger partial charge in [-0.1, -0.05) is 36.8 Å². The molecule has 1 heterocycles. The second-order valence-corrected chi connectivity index (χ2v) is 6.90. The Balaban J connectivity index is 1.98. The molecule has 1 aromatic rings. The van der Waals surface area contributed by atoms with Crippen molar-refractivity contribution in [1.82, 2.24) is 4.90 Å². The van der Waals surface area contributed by atoms with Crippen LogP contribution in [0.3, 0.4) is 0 Å². The monoisotopic (exact) mass is 337 g/mol. The second-order valence-electron chi connectivity index (χ2n) is 5.29. The molecule has 0 saturated carbocycles. The molecule has 0 spiro atoms. The summed E-state index contributed by atoms with van der Waals surface area (Å²) in [4.78, 5) is 1.98. The van der Waals surface area contributed by atoms with Crippen molar-refractivity contribution in [3.05, 3.63) is 35.9 Å². The second kappa shape index (κ2) is 6.97. The topological polar surface area (TPSA) is 46.6 Å². The molecular weight excluding hydrogens is 319 g/mol. The highest BCUT2D eigenvalue weighted by Crippen LogP contribution is 2.26. The first-order valence-corrected chi connectivity index (χ1v) is 8.44. The molecule has 1 aliphatic rings. The van der Waals surface area contributed by atoms with Gasteiger partial charge in [-0.05, 0) is 24.9 Å². The van der Waals surface area contributed by atoms with E-state index in [0.717, 1.165) is 24.9 Å². The third kappa shape index (κ3) is 4.44. The number of alkyl halides is 3. The molecule has 1 atom stereocenters. The number of hydrogen-bond acceptors (Lipinski definition) is 4. The Morgan fingerprint density at radius 1 is 1.18 bits per heavy atom. The van der Waals surface area contributed by atoms with Gasteiger partial charge in [-0.25, -0.2) is 0 Å². The van der Waals surface area contributed by atoms with Gasteiger partial charge in [-0.2, -0.15) is 21.6 Å². The van der Waals surface area contributed by atoms with Crippen LogP contribution in [-0.4, -0.2) is 38.0 Å². The minimum absolute atomic E-state index is 0.328. The number of nitrogens with zero attached hydrogens (tertiary/aromatic N) is 1. The molecule has 4 nitrogen and oxygen atoms in total. The first kappa shape index (κ1) is 17.2.